The Balaban J connectivity index is 1.86. The number of fused-ring (bicyclic) bond motifs is 3. The summed E-state index contributed by atoms with van der Waals surface area (Å²) in [4.78, 5) is 16.1. The number of hydrogen-bond acceptors (Lipinski definition) is 2. The van der Waals surface area contributed by atoms with Gasteiger partial charge in [-0.05, 0) is 36.6 Å². The fourth-order valence-electron chi connectivity index (χ4n) is 3.66. The third kappa shape index (κ3) is 2.87. The van der Waals surface area contributed by atoms with Crippen molar-refractivity contribution < 1.29 is 4.79 Å². The van der Waals surface area contributed by atoms with E-state index >= 15 is 0 Å². The molecule has 1 aliphatic heterocycles. The van der Waals surface area contributed by atoms with Crippen molar-refractivity contribution in [2.24, 2.45) is 0 Å². The van der Waals surface area contributed by atoms with Crippen molar-refractivity contribution in [2.45, 2.75) is 25.4 Å². The van der Waals surface area contributed by atoms with Crippen LogP contribution in [0.1, 0.15) is 29.8 Å². The number of carbonyl (C=O) groups is 1. The maximum atomic E-state index is 12.5. The fraction of sp³-hybridized carbons (Fsp3) is 0.250. The molecule has 0 spiro atoms. The molecule has 1 amide bonds. The third-order valence-corrected chi connectivity index (χ3v) is 5.52. The van der Waals surface area contributed by atoms with Gasteiger partial charge >= 0.3 is 0 Å². The summed E-state index contributed by atoms with van der Waals surface area (Å²) in [5, 5.41) is 7.69. The van der Waals surface area contributed by atoms with Gasteiger partial charge in [0.2, 0.25) is 5.91 Å². The molecule has 4 rings (SSSR count). The standard InChI is InChI=1S/C20H20BrN3O/c1-2-22-20(25)17-11-14-12-7-4-6-10-16(12)23-19(14)18(24-17)13-8-3-5-9-15(13)21/h3-10,17-18,23-24H,2,11H2,1H3,(H,22,25)/t17-,18?/m0/s1. The summed E-state index contributed by atoms with van der Waals surface area (Å²) in [6.45, 7) is 2.58. The fourth-order valence-corrected chi connectivity index (χ4v) is 4.17. The first kappa shape index (κ1) is 16.4. The molecule has 1 aliphatic rings. The number of aromatic nitrogens is 1. The number of para-hydroxylation sites is 1. The molecule has 128 valence electrons. The van der Waals surface area contributed by atoms with Crippen molar-refractivity contribution in [1.82, 2.24) is 15.6 Å². The van der Waals surface area contributed by atoms with Gasteiger partial charge in [0.05, 0.1) is 12.1 Å². The quantitative estimate of drug-likeness (QED) is 0.631. The summed E-state index contributed by atoms with van der Waals surface area (Å²) in [6.07, 6.45) is 0.687. The van der Waals surface area contributed by atoms with E-state index in [0.29, 0.717) is 13.0 Å². The van der Waals surface area contributed by atoms with Gasteiger partial charge in [-0.25, -0.2) is 0 Å². The Morgan fingerprint density at radius 3 is 2.76 bits per heavy atom. The summed E-state index contributed by atoms with van der Waals surface area (Å²) in [6, 6.07) is 16.2. The molecule has 2 aromatic carbocycles. The molecule has 2 heterocycles. The van der Waals surface area contributed by atoms with E-state index in [4.69, 9.17) is 0 Å². The predicted octanol–water partition coefficient (Wildman–Crippen LogP) is 3.67. The van der Waals surface area contributed by atoms with Crippen molar-refractivity contribution in [3.8, 4) is 0 Å². The van der Waals surface area contributed by atoms with Crippen LogP contribution in [0.5, 0.6) is 0 Å². The van der Waals surface area contributed by atoms with Crippen LogP contribution in [0.25, 0.3) is 10.9 Å². The normalized spacial score (nSPS) is 19.6. The number of likely N-dealkylation sites (N-methyl/N-ethyl adjacent to an activating group) is 1. The molecule has 25 heavy (non-hydrogen) atoms. The van der Waals surface area contributed by atoms with E-state index in [0.717, 1.165) is 21.2 Å². The van der Waals surface area contributed by atoms with Crippen LogP contribution in [0.4, 0.5) is 0 Å². The lowest BCUT2D eigenvalue weighted by molar-refractivity contribution is -0.123. The van der Waals surface area contributed by atoms with Gasteiger partial charge in [-0.3, -0.25) is 10.1 Å². The summed E-state index contributed by atoms with van der Waals surface area (Å²) >= 11 is 3.66. The molecule has 2 atom stereocenters. The Morgan fingerprint density at radius 1 is 1.20 bits per heavy atom. The number of benzene rings is 2. The number of H-pyrrole nitrogens is 1. The van der Waals surface area contributed by atoms with Gasteiger partial charge in [0, 0.05) is 27.6 Å². The lowest BCUT2D eigenvalue weighted by atomic mass is 9.90. The molecule has 5 heteroatoms. The van der Waals surface area contributed by atoms with Crippen molar-refractivity contribution in [2.75, 3.05) is 6.54 Å². The van der Waals surface area contributed by atoms with Gasteiger partial charge in [-0.15, -0.1) is 0 Å². The Morgan fingerprint density at radius 2 is 1.96 bits per heavy atom. The molecule has 0 saturated heterocycles. The van der Waals surface area contributed by atoms with E-state index in [-0.39, 0.29) is 18.0 Å². The van der Waals surface area contributed by atoms with E-state index in [1.54, 1.807) is 0 Å². The average Bonchev–Trinajstić information content (AvgIpc) is 3.00. The van der Waals surface area contributed by atoms with Crippen molar-refractivity contribution in [1.29, 1.82) is 0 Å². The number of carbonyl (C=O) groups excluding carboxylic acids is 1. The molecule has 0 bridgehead atoms. The van der Waals surface area contributed by atoms with Crippen LogP contribution >= 0.6 is 15.9 Å². The van der Waals surface area contributed by atoms with Crippen molar-refractivity contribution in [3.63, 3.8) is 0 Å². The summed E-state index contributed by atoms with van der Waals surface area (Å²) in [5.74, 6) is 0.0514. The van der Waals surface area contributed by atoms with Crippen molar-refractivity contribution >= 4 is 32.7 Å². The van der Waals surface area contributed by atoms with Crippen molar-refractivity contribution in [3.05, 3.63) is 69.8 Å². The van der Waals surface area contributed by atoms with Crippen LogP contribution in [-0.2, 0) is 11.2 Å². The monoisotopic (exact) mass is 397 g/mol. The zero-order chi connectivity index (χ0) is 17.4. The minimum Gasteiger partial charge on any atom is -0.357 e. The van der Waals surface area contributed by atoms with Gasteiger partial charge < -0.3 is 10.3 Å². The SMILES string of the molecule is CCNC(=O)[C@@H]1Cc2c([nH]c3ccccc23)C(c2ccccc2Br)N1. The number of hydrogen-bond donors (Lipinski definition) is 3. The summed E-state index contributed by atoms with van der Waals surface area (Å²) in [5.41, 5.74) is 4.62. The number of nitrogens with one attached hydrogen (secondary N) is 3. The highest BCUT2D eigenvalue weighted by Gasteiger charge is 2.34. The number of halogens is 1. The van der Waals surface area contributed by atoms with Gasteiger partial charge in [0.15, 0.2) is 0 Å². The molecule has 1 unspecified atom stereocenters. The molecule has 3 aromatic rings. The Labute approximate surface area is 155 Å². The highest BCUT2D eigenvalue weighted by molar-refractivity contribution is 9.10. The zero-order valence-corrected chi connectivity index (χ0v) is 15.6. The van der Waals surface area contributed by atoms with E-state index in [1.165, 1.54) is 10.9 Å². The second-order valence-corrected chi connectivity index (χ2v) is 7.19. The van der Waals surface area contributed by atoms with Crippen LogP contribution in [0.3, 0.4) is 0 Å². The maximum absolute atomic E-state index is 12.5. The molecular formula is C20H20BrN3O. The summed E-state index contributed by atoms with van der Waals surface area (Å²) < 4.78 is 1.04. The lowest BCUT2D eigenvalue weighted by Gasteiger charge is -2.31. The molecule has 0 fully saturated rings. The van der Waals surface area contributed by atoms with Gasteiger partial charge in [-0.2, -0.15) is 0 Å². The van der Waals surface area contributed by atoms with Crippen LogP contribution in [-0.4, -0.2) is 23.5 Å². The summed E-state index contributed by atoms with van der Waals surface area (Å²) in [7, 11) is 0. The molecule has 0 aliphatic carbocycles. The largest absolute Gasteiger partial charge is 0.357 e. The Hall–Kier alpha value is -2.11. The average molecular weight is 398 g/mol. The van der Waals surface area contributed by atoms with Crippen LogP contribution in [0, 0.1) is 0 Å². The third-order valence-electron chi connectivity index (χ3n) is 4.80. The topological polar surface area (TPSA) is 56.9 Å². The molecule has 0 saturated carbocycles. The molecule has 1 aromatic heterocycles. The van der Waals surface area contributed by atoms with Gasteiger partial charge in [0.1, 0.15) is 0 Å². The maximum Gasteiger partial charge on any atom is 0.237 e. The molecule has 4 nitrogen and oxygen atoms in total. The van der Waals surface area contributed by atoms with E-state index in [9.17, 15) is 4.79 Å². The first-order chi connectivity index (χ1) is 12.2. The van der Waals surface area contributed by atoms with E-state index in [1.807, 2.05) is 37.3 Å². The minimum absolute atomic E-state index is 0.0514. The lowest BCUT2D eigenvalue weighted by Crippen LogP contribution is -2.49. The first-order valence-electron chi connectivity index (χ1n) is 8.56. The van der Waals surface area contributed by atoms with Gasteiger partial charge in [0.25, 0.3) is 0 Å². The second kappa shape index (κ2) is 6.65. The van der Waals surface area contributed by atoms with E-state index < -0.39 is 0 Å². The van der Waals surface area contributed by atoms with E-state index in [2.05, 4.69) is 49.7 Å². The molecule has 0 radical (unpaired) electrons. The van der Waals surface area contributed by atoms with Crippen LogP contribution in [0.2, 0.25) is 0 Å². The van der Waals surface area contributed by atoms with Gasteiger partial charge in [-0.1, -0.05) is 52.3 Å². The molecular weight excluding hydrogens is 378 g/mol. The molecule has 3 N–H and O–H groups in total. The Bertz CT molecular complexity index is 934. The highest BCUT2D eigenvalue weighted by Crippen LogP contribution is 2.37. The zero-order valence-electron chi connectivity index (χ0n) is 14.0. The minimum atomic E-state index is -0.247. The highest BCUT2D eigenvalue weighted by atomic mass is 79.9. The number of amides is 1. The number of aromatic amines is 1. The first-order valence-corrected chi connectivity index (χ1v) is 9.36. The smallest absolute Gasteiger partial charge is 0.237 e. The van der Waals surface area contributed by atoms with Crippen LogP contribution in [0.15, 0.2) is 53.0 Å². The second-order valence-electron chi connectivity index (χ2n) is 6.34. The predicted molar refractivity (Wildman–Crippen MR) is 104 cm³/mol. The van der Waals surface area contributed by atoms with Crippen LogP contribution < -0.4 is 10.6 Å². The Kier molecular flexibility index (Phi) is 4.36. The number of rotatable bonds is 3.